The lowest BCUT2D eigenvalue weighted by atomic mass is 9.99. The van der Waals surface area contributed by atoms with Crippen molar-refractivity contribution in [2.75, 3.05) is 17.2 Å². The van der Waals surface area contributed by atoms with Gasteiger partial charge in [-0.3, -0.25) is 29.4 Å². The van der Waals surface area contributed by atoms with Crippen molar-refractivity contribution in [3.05, 3.63) is 76.0 Å². The van der Waals surface area contributed by atoms with Crippen molar-refractivity contribution < 1.29 is 19.2 Å². The summed E-state index contributed by atoms with van der Waals surface area (Å²) >= 11 is 0. The molecule has 5 rings (SSSR count). The topological polar surface area (TPSA) is 133 Å². The summed E-state index contributed by atoms with van der Waals surface area (Å²) in [4.78, 5) is 60.1. The van der Waals surface area contributed by atoms with Crippen LogP contribution in [-0.4, -0.2) is 51.1 Å². The molecule has 3 N–H and O–H groups in total. The highest BCUT2D eigenvalue weighted by atomic mass is 16.2. The summed E-state index contributed by atoms with van der Waals surface area (Å²) in [6.45, 7) is 6.75. The van der Waals surface area contributed by atoms with Crippen molar-refractivity contribution in [2.45, 2.75) is 52.5 Å². The maximum Gasteiger partial charge on any atom is 0.262 e. The molecule has 39 heavy (non-hydrogen) atoms. The second-order valence-corrected chi connectivity index (χ2v) is 9.98. The zero-order chi connectivity index (χ0) is 27.7. The lowest BCUT2D eigenvalue weighted by Gasteiger charge is -2.27. The van der Waals surface area contributed by atoms with Crippen molar-refractivity contribution in [3.63, 3.8) is 0 Å². The molecular formula is C29H30N6O4. The third kappa shape index (κ3) is 5.22. The first-order valence-electron chi connectivity index (χ1n) is 13.0. The van der Waals surface area contributed by atoms with Gasteiger partial charge in [0.05, 0.1) is 11.1 Å². The van der Waals surface area contributed by atoms with Crippen LogP contribution in [0.15, 0.2) is 42.6 Å². The predicted octanol–water partition coefficient (Wildman–Crippen LogP) is 3.59. The number of piperidine rings is 1. The number of fused-ring (bicyclic) bond motifs is 1. The van der Waals surface area contributed by atoms with Gasteiger partial charge in [0.1, 0.15) is 11.9 Å². The molecule has 1 atom stereocenters. The number of aromatic nitrogens is 2. The monoisotopic (exact) mass is 526 g/mol. The average Bonchev–Trinajstić information content (AvgIpc) is 3.15. The summed E-state index contributed by atoms with van der Waals surface area (Å²) in [7, 11) is 0. The van der Waals surface area contributed by atoms with E-state index in [0.717, 1.165) is 27.3 Å². The summed E-state index contributed by atoms with van der Waals surface area (Å²) in [5.41, 5.74) is 5.81. The molecule has 10 nitrogen and oxygen atoms in total. The van der Waals surface area contributed by atoms with Crippen LogP contribution in [0.5, 0.6) is 0 Å². The van der Waals surface area contributed by atoms with Gasteiger partial charge in [0.15, 0.2) is 0 Å². The van der Waals surface area contributed by atoms with Crippen molar-refractivity contribution in [3.8, 4) is 0 Å². The Morgan fingerprint density at radius 3 is 2.54 bits per heavy atom. The Kier molecular flexibility index (Phi) is 7.10. The Labute approximate surface area is 226 Å². The van der Waals surface area contributed by atoms with Crippen LogP contribution in [0.1, 0.15) is 62.2 Å². The molecule has 3 aromatic rings. The van der Waals surface area contributed by atoms with Gasteiger partial charge in [-0.25, -0.2) is 4.98 Å². The Balaban J connectivity index is 1.22. The normalized spacial score (nSPS) is 16.8. The smallest absolute Gasteiger partial charge is 0.262 e. The van der Waals surface area contributed by atoms with Gasteiger partial charge in [-0.2, -0.15) is 4.98 Å². The van der Waals surface area contributed by atoms with Crippen LogP contribution in [0.25, 0.3) is 0 Å². The lowest BCUT2D eigenvalue weighted by Crippen LogP contribution is -2.54. The highest BCUT2D eigenvalue weighted by Gasteiger charge is 2.45. The van der Waals surface area contributed by atoms with Gasteiger partial charge < -0.3 is 10.6 Å². The zero-order valence-corrected chi connectivity index (χ0v) is 22.1. The number of aryl methyl sites for hydroxylation is 4. The van der Waals surface area contributed by atoms with E-state index in [0.29, 0.717) is 42.3 Å². The number of anilines is 3. The van der Waals surface area contributed by atoms with Gasteiger partial charge in [-0.05, 0) is 68.9 Å². The Hall–Kier alpha value is -4.60. The second-order valence-electron chi connectivity index (χ2n) is 9.98. The van der Waals surface area contributed by atoms with Crippen LogP contribution in [-0.2, 0) is 16.0 Å². The standard InChI is InChI=1S/C29H30N6O4/c1-16-14-17(2)25(18(3)15-16)34-29-31-13-11-22(32-29)30-12-5-7-19-6-4-8-20-24(19)28(39)35(27(20)38)21-9-10-23(36)33-26(21)37/h4,6,8,11,13-15,21H,5,7,9-10,12H2,1-3H3,(H,33,36,37)(H2,30,31,32,34). The van der Waals surface area contributed by atoms with E-state index < -0.39 is 29.7 Å². The number of amides is 4. The fraction of sp³-hybridized carbons (Fsp3) is 0.310. The summed E-state index contributed by atoms with van der Waals surface area (Å²) in [5.74, 6) is -0.825. The molecule has 1 fully saturated rings. The minimum atomic E-state index is -0.974. The van der Waals surface area contributed by atoms with Crippen LogP contribution < -0.4 is 16.0 Å². The molecule has 4 amide bonds. The molecule has 0 saturated carbocycles. The fourth-order valence-electron chi connectivity index (χ4n) is 5.29. The molecule has 2 aliphatic heterocycles. The van der Waals surface area contributed by atoms with Crippen LogP contribution in [0.4, 0.5) is 17.5 Å². The van der Waals surface area contributed by atoms with Crippen LogP contribution in [0.3, 0.4) is 0 Å². The van der Waals surface area contributed by atoms with Crippen molar-refractivity contribution >= 4 is 41.1 Å². The van der Waals surface area contributed by atoms with Crippen molar-refractivity contribution in [1.29, 1.82) is 0 Å². The van der Waals surface area contributed by atoms with Gasteiger partial charge in [0.2, 0.25) is 17.8 Å². The fourth-order valence-corrected chi connectivity index (χ4v) is 5.29. The minimum absolute atomic E-state index is 0.0901. The maximum absolute atomic E-state index is 13.3. The number of rotatable bonds is 8. The number of carbonyl (C=O) groups excluding carboxylic acids is 4. The first-order valence-corrected chi connectivity index (χ1v) is 13.0. The van der Waals surface area contributed by atoms with Crippen molar-refractivity contribution in [2.24, 2.45) is 0 Å². The van der Waals surface area contributed by atoms with E-state index >= 15 is 0 Å². The third-order valence-corrected chi connectivity index (χ3v) is 7.05. The van der Waals surface area contributed by atoms with Gasteiger partial charge in [-0.1, -0.05) is 29.8 Å². The largest absolute Gasteiger partial charge is 0.370 e. The van der Waals surface area contributed by atoms with E-state index in [2.05, 4.69) is 45.0 Å². The quantitative estimate of drug-likeness (QED) is 0.300. The summed E-state index contributed by atoms with van der Waals surface area (Å²) in [5, 5.41) is 8.84. The minimum Gasteiger partial charge on any atom is -0.370 e. The highest BCUT2D eigenvalue weighted by molar-refractivity contribution is 6.24. The number of hydrogen-bond donors (Lipinski definition) is 3. The molecule has 1 saturated heterocycles. The molecule has 1 aromatic heterocycles. The van der Waals surface area contributed by atoms with Gasteiger partial charge in [0.25, 0.3) is 11.8 Å². The Morgan fingerprint density at radius 2 is 1.79 bits per heavy atom. The van der Waals surface area contributed by atoms with Gasteiger partial charge in [-0.15, -0.1) is 0 Å². The van der Waals surface area contributed by atoms with Crippen LogP contribution in [0.2, 0.25) is 0 Å². The molecule has 2 aliphatic rings. The third-order valence-electron chi connectivity index (χ3n) is 7.05. The van der Waals surface area contributed by atoms with Gasteiger partial charge >= 0.3 is 0 Å². The van der Waals surface area contributed by atoms with E-state index in [9.17, 15) is 19.2 Å². The number of hydrogen-bond acceptors (Lipinski definition) is 8. The summed E-state index contributed by atoms with van der Waals surface area (Å²) in [6, 6.07) is 10.2. The van der Waals surface area contributed by atoms with E-state index in [-0.39, 0.29) is 12.8 Å². The average molecular weight is 527 g/mol. The van der Waals surface area contributed by atoms with Gasteiger partial charge in [0, 0.05) is 24.8 Å². The first-order chi connectivity index (χ1) is 18.7. The van der Waals surface area contributed by atoms with E-state index in [1.54, 1.807) is 24.4 Å². The molecule has 3 heterocycles. The number of carbonyl (C=O) groups is 4. The van der Waals surface area contributed by atoms with Crippen LogP contribution in [0, 0.1) is 20.8 Å². The Morgan fingerprint density at radius 1 is 1.03 bits per heavy atom. The van der Waals surface area contributed by atoms with E-state index in [1.165, 1.54) is 5.56 Å². The number of imide groups is 2. The van der Waals surface area contributed by atoms with Crippen molar-refractivity contribution in [1.82, 2.24) is 20.2 Å². The molecular weight excluding hydrogens is 496 g/mol. The number of nitrogens with one attached hydrogen (secondary N) is 3. The molecule has 0 spiro atoms. The highest BCUT2D eigenvalue weighted by Crippen LogP contribution is 2.30. The maximum atomic E-state index is 13.3. The first kappa shape index (κ1) is 26.0. The lowest BCUT2D eigenvalue weighted by molar-refractivity contribution is -0.136. The number of nitrogens with zero attached hydrogens (tertiary/aromatic N) is 3. The number of benzene rings is 2. The molecule has 0 radical (unpaired) electrons. The SMILES string of the molecule is Cc1cc(C)c(Nc2nccc(NCCCc3cccc4c3C(=O)N(C3CCC(=O)NC3=O)C4=O)n2)c(C)c1. The van der Waals surface area contributed by atoms with Crippen LogP contribution >= 0.6 is 0 Å². The van der Waals surface area contributed by atoms with E-state index in [4.69, 9.17) is 0 Å². The zero-order valence-electron chi connectivity index (χ0n) is 22.1. The Bertz CT molecular complexity index is 1480. The molecule has 10 heteroatoms. The summed E-state index contributed by atoms with van der Waals surface area (Å²) < 4.78 is 0. The van der Waals surface area contributed by atoms with E-state index in [1.807, 2.05) is 19.9 Å². The molecule has 2 aromatic carbocycles. The molecule has 0 bridgehead atoms. The molecule has 200 valence electrons. The second kappa shape index (κ2) is 10.6. The summed E-state index contributed by atoms with van der Waals surface area (Å²) in [6.07, 6.45) is 3.14. The molecule has 0 aliphatic carbocycles. The molecule has 1 unspecified atom stereocenters. The predicted molar refractivity (Wildman–Crippen MR) is 146 cm³/mol.